The van der Waals surface area contributed by atoms with Crippen molar-refractivity contribution in [1.82, 2.24) is 14.9 Å². The molecule has 0 bridgehead atoms. The Morgan fingerprint density at radius 3 is 2.41 bits per heavy atom. The van der Waals surface area contributed by atoms with Gasteiger partial charge in [0.15, 0.2) is 0 Å². The minimum Gasteiger partial charge on any atom is -0.354 e. The van der Waals surface area contributed by atoms with Crippen molar-refractivity contribution in [1.29, 1.82) is 0 Å². The number of piperazine rings is 1. The van der Waals surface area contributed by atoms with Gasteiger partial charge in [0.25, 0.3) is 5.91 Å². The van der Waals surface area contributed by atoms with Gasteiger partial charge in [0.1, 0.15) is 5.82 Å². The number of hydrogen-bond acceptors (Lipinski definition) is 5. The lowest BCUT2D eigenvalue weighted by Gasteiger charge is -2.35. The van der Waals surface area contributed by atoms with Crippen LogP contribution in [0.25, 0.3) is 0 Å². The highest BCUT2D eigenvalue weighted by Gasteiger charge is 2.23. The van der Waals surface area contributed by atoms with Gasteiger partial charge in [0.2, 0.25) is 0 Å². The molecule has 4 rings (SSSR count). The molecule has 0 saturated carbocycles. The van der Waals surface area contributed by atoms with Crippen molar-refractivity contribution in [2.75, 3.05) is 36.4 Å². The molecule has 1 aromatic carbocycles. The maximum absolute atomic E-state index is 12.9. The van der Waals surface area contributed by atoms with Gasteiger partial charge in [-0.3, -0.25) is 9.78 Å². The van der Waals surface area contributed by atoms with Crippen LogP contribution in [0, 0.1) is 0 Å². The molecule has 1 aliphatic heterocycles. The third-order valence-electron chi connectivity index (χ3n) is 4.59. The van der Waals surface area contributed by atoms with E-state index in [-0.39, 0.29) is 5.91 Å². The van der Waals surface area contributed by atoms with Crippen molar-refractivity contribution < 1.29 is 4.79 Å². The molecule has 0 radical (unpaired) electrons. The first-order valence-electron chi connectivity index (χ1n) is 9.02. The number of nitrogens with zero attached hydrogens (tertiary/aromatic N) is 4. The third kappa shape index (κ3) is 4.06. The van der Waals surface area contributed by atoms with Crippen molar-refractivity contribution in [2.24, 2.45) is 0 Å². The predicted molar refractivity (Wildman–Crippen MR) is 106 cm³/mol. The largest absolute Gasteiger partial charge is 0.354 e. The number of hydrogen-bond donors (Lipinski definition) is 1. The lowest BCUT2D eigenvalue weighted by atomic mass is 10.2. The van der Waals surface area contributed by atoms with Crippen molar-refractivity contribution in [3.8, 4) is 0 Å². The molecule has 1 N–H and O–H groups in total. The molecule has 1 aliphatic rings. The van der Waals surface area contributed by atoms with Gasteiger partial charge >= 0.3 is 0 Å². The Balaban J connectivity index is 1.41. The first-order valence-corrected chi connectivity index (χ1v) is 9.02. The number of carbonyl (C=O) groups excluding carboxylic acids is 1. The Bertz CT molecular complexity index is 893. The summed E-state index contributed by atoms with van der Waals surface area (Å²) < 4.78 is 0. The van der Waals surface area contributed by atoms with E-state index in [0.717, 1.165) is 30.3 Å². The highest BCUT2D eigenvalue weighted by Crippen LogP contribution is 2.18. The maximum Gasteiger partial charge on any atom is 0.255 e. The van der Waals surface area contributed by atoms with E-state index in [1.807, 2.05) is 59.5 Å². The number of amides is 1. The van der Waals surface area contributed by atoms with Crippen molar-refractivity contribution >= 4 is 23.1 Å². The van der Waals surface area contributed by atoms with E-state index in [1.54, 1.807) is 18.6 Å². The third-order valence-corrected chi connectivity index (χ3v) is 4.59. The Hall–Kier alpha value is -3.41. The Morgan fingerprint density at radius 1 is 0.889 bits per heavy atom. The first-order chi connectivity index (χ1) is 13.3. The van der Waals surface area contributed by atoms with Crippen LogP contribution < -0.4 is 10.2 Å². The molecule has 1 amide bonds. The van der Waals surface area contributed by atoms with Gasteiger partial charge in [-0.15, -0.1) is 0 Å². The Morgan fingerprint density at radius 2 is 1.67 bits per heavy atom. The van der Waals surface area contributed by atoms with Crippen LogP contribution in [-0.2, 0) is 0 Å². The van der Waals surface area contributed by atoms with Gasteiger partial charge in [0, 0.05) is 44.3 Å². The number of para-hydroxylation sites is 1. The van der Waals surface area contributed by atoms with Crippen LogP contribution in [0.3, 0.4) is 0 Å². The number of rotatable bonds is 4. The van der Waals surface area contributed by atoms with E-state index in [0.29, 0.717) is 18.7 Å². The molecule has 1 fully saturated rings. The molecule has 1 saturated heterocycles. The number of anilines is 3. The second kappa shape index (κ2) is 7.86. The minimum absolute atomic E-state index is 0.0138. The Kier molecular flexibility index (Phi) is 4.96. The minimum atomic E-state index is 0.0138. The van der Waals surface area contributed by atoms with Crippen molar-refractivity contribution in [3.63, 3.8) is 0 Å². The summed E-state index contributed by atoms with van der Waals surface area (Å²) in [7, 11) is 0. The second-order valence-corrected chi connectivity index (χ2v) is 6.42. The number of carbonyl (C=O) groups is 1. The first kappa shape index (κ1) is 17.0. The molecule has 6 nitrogen and oxygen atoms in total. The van der Waals surface area contributed by atoms with Crippen LogP contribution in [-0.4, -0.2) is 47.0 Å². The van der Waals surface area contributed by atoms with Gasteiger partial charge in [-0.25, -0.2) is 4.98 Å². The molecule has 0 spiro atoms. The molecule has 3 aromatic rings. The van der Waals surface area contributed by atoms with Crippen LogP contribution in [0.1, 0.15) is 10.4 Å². The summed E-state index contributed by atoms with van der Waals surface area (Å²) in [6.07, 6.45) is 5.15. The highest BCUT2D eigenvalue weighted by atomic mass is 16.2. The van der Waals surface area contributed by atoms with Gasteiger partial charge in [-0.1, -0.05) is 24.3 Å². The van der Waals surface area contributed by atoms with Crippen molar-refractivity contribution in [3.05, 3.63) is 78.8 Å². The van der Waals surface area contributed by atoms with Crippen LogP contribution >= 0.6 is 0 Å². The topological polar surface area (TPSA) is 61.4 Å². The monoisotopic (exact) mass is 359 g/mol. The summed E-state index contributed by atoms with van der Waals surface area (Å²) in [4.78, 5) is 25.6. The summed E-state index contributed by atoms with van der Waals surface area (Å²) in [5.41, 5.74) is 2.37. The molecule has 27 heavy (non-hydrogen) atoms. The van der Waals surface area contributed by atoms with Crippen LogP contribution in [0.4, 0.5) is 17.2 Å². The average molecular weight is 359 g/mol. The summed E-state index contributed by atoms with van der Waals surface area (Å²) in [6.45, 7) is 2.90. The lowest BCUT2D eigenvalue weighted by Crippen LogP contribution is -2.49. The number of pyridine rings is 2. The fourth-order valence-electron chi connectivity index (χ4n) is 3.18. The predicted octanol–water partition coefficient (Wildman–Crippen LogP) is 3.18. The van der Waals surface area contributed by atoms with E-state index in [9.17, 15) is 4.79 Å². The zero-order valence-corrected chi connectivity index (χ0v) is 15.0. The highest BCUT2D eigenvalue weighted by molar-refractivity contribution is 5.95. The fourth-order valence-corrected chi connectivity index (χ4v) is 3.18. The summed E-state index contributed by atoms with van der Waals surface area (Å²) in [5.74, 6) is 0.972. The zero-order valence-electron chi connectivity index (χ0n) is 15.0. The summed E-state index contributed by atoms with van der Waals surface area (Å²) in [6, 6.07) is 17.6. The van der Waals surface area contributed by atoms with E-state index < -0.39 is 0 Å². The van der Waals surface area contributed by atoms with Crippen LogP contribution in [0.15, 0.2) is 73.2 Å². The fraction of sp³-hybridized carbons (Fsp3) is 0.190. The second-order valence-electron chi connectivity index (χ2n) is 6.42. The molecule has 0 unspecified atom stereocenters. The van der Waals surface area contributed by atoms with Gasteiger partial charge in [-0.2, -0.15) is 0 Å². The van der Waals surface area contributed by atoms with Gasteiger partial charge in [-0.05, 0) is 30.3 Å². The SMILES string of the molecule is O=C(c1cncc(Nc2ccccc2)c1)N1CCN(c2ccccn2)CC1. The van der Waals surface area contributed by atoms with Crippen LogP contribution in [0.5, 0.6) is 0 Å². The molecule has 0 aliphatic carbocycles. The molecule has 6 heteroatoms. The normalized spacial score (nSPS) is 14.1. The lowest BCUT2D eigenvalue weighted by molar-refractivity contribution is 0.0746. The summed E-state index contributed by atoms with van der Waals surface area (Å²) >= 11 is 0. The average Bonchev–Trinajstić information content (AvgIpc) is 2.75. The Labute approximate surface area is 158 Å². The zero-order chi connectivity index (χ0) is 18.5. The number of aromatic nitrogens is 2. The maximum atomic E-state index is 12.9. The molecular weight excluding hydrogens is 338 g/mol. The quantitative estimate of drug-likeness (QED) is 0.775. The molecular formula is C21H21N5O. The molecule has 2 aromatic heterocycles. The molecule has 0 atom stereocenters. The summed E-state index contributed by atoms with van der Waals surface area (Å²) in [5, 5.41) is 3.28. The van der Waals surface area contributed by atoms with E-state index in [2.05, 4.69) is 20.2 Å². The van der Waals surface area contributed by atoms with E-state index in [1.165, 1.54) is 0 Å². The van der Waals surface area contributed by atoms with E-state index in [4.69, 9.17) is 0 Å². The van der Waals surface area contributed by atoms with Gasteiger partial charge < -0.3 is 15.1 Å². The standard InChI is InChI=1S/C21H21N5O/c27-21(26-12-10-25(11-13-26)20-8-4-5-9-23-20)17-14-19(16-22-15-17)24-18-6-2-1-3-7-18/h1-9,14-16,24H,10-13H2. The smallest absolute Gasteiger partial charge is 0.255 e. The molecule has 3 heterocycles. The van der Waals surface area contributed by atoms with Gasteiger partial charge in [0.05, 0.1) is 17.4 Å². The van der Waals surface area contributed by atoms with E-state index >= 15 is 0 Å². The van der Waals surface area contributed by atoms with Crippen LogP contribution in [0.2, 0.25) is 0 Å². The molecule has 136 valence electrons. The van der Waals surface area contributed by atoms with Crippen molar-refractivity contribution in [2.45, 2.75) is 0 Å². The number of benzene rings is 1. The number of nitrogens with one attached hydrogen (secondary N) is 1.